The Kier molecular flexibility index (Phi) is 3.02. The number of nitrogens with one attached hydrogen (secondary N) is 1. The predicted molar refractivity (Wildman–Crippen MR) is 78.7 cm³/mol. The van der Waals surface area contributed by atoms with Gasteiger partial charge in [0.25, 0.3) is 0 Å². The second-order valence-corrected chi connectivity index (χ2v) is 5.22. The summed E-state index contributed by atoms with van der Waals surface area (Å²) < 4.78 is 0.956. The van der Waals surface area contributed by atoms with Crippen LogP contribution in [0.25, 0.3) is 22.6 Å². The maximum Gasteiger partial charge on any atom is 0.337 e. The molecular formula is C14H10BrN3O2. The molecule has 0 saturated heterocycles. The molecule has 0 bridgehead atoms. The van der Waals surface area contributed by atoms with Crippen LogP contribution in [0.1, 0.15) is 15.9 Å². The van der Waals surface area contributed by atoms with Gasteiger partial charge in [-0.2, -0.15) is 0 Å². The molecule has 5 nitrogen and oxygen atoms in total. The molecule has 0 aliphatic carbocycles. The number of benzene rings is 1. The van der Waals surface area contributed by atoms with Gasteiger partial charge in [0.2, 0.25) is 0 Å². The van der Waals surface area contributed by atoms with Gasteiger partial charge >= 0.3 is 5.97 Å². The summed E-state index contributed by atoms with van der Waals surface area (Å²) in [6.45, 7) is 2.00. The molecular weight excluding hydrogens is 322 g/mol. The van der Waals surface area contributed by atoms with E-state index in [0.29, 0.717) is 17.0 Å². The summed E-state index contributed by atoms with van der Waals surface area (Å²) in [4.78, 5) is 22.5. The third kappa shape index (κ3) is 2.08. The Bertz CT molecular complexity index is 826. The Morgan fingerprint density at radius 2 is 2.20 bits per heavy atom. The van der Waals surface area contributed by atoms with Gasteiger partial charge in [0.1, 0.15) is 5.82 Å². The zero-order valence-corrected chi connectivity index (χ0v) is 12.1. The van der Waals surface area contributed by atoms with Crippen molar-refractivity contribution in [3.8, 4) is 11.4 Å². The first-order valence-electron chi connectivity index (χ1n) is 5.91. The fourth-order valence-corrected chi connectivity index (χ4v) is 2.43. The number of fused-ring (bicyclic) bond motifs is 1. The topological polar surface area (TPSA) is 78.9 Å². The Hall–Kier alpha value is -2.21. The highest BCUT2D eigenvalue weighted by Gasteiger charge is 2.12. The molecule has 0 aliphatic heterocycles. The highest BCUT2D eigenvalue weighted by Crippen LogP contribution is 2.29. The molecule has 2 N–H and O–H groups in total. The van der Waals surface area contributed by atoms with Gasteiger partial charge in [-0.3, -0.25) is 0 Å². The first-order valence-corrected chi connectivity index (χ1v) is 6.70. The molecule has 0 fully saturated rings. The van der Waals surface area contributed by atoms with Crippen LogP contribution in [0.5, 0.6) is 0 Å². The zero-order valence-electron chi connectivity index (χ0n) is 10.5. The number of carboxylic acid groups (broad SMARTS) is 1. The fraction of sp³-hybridized carbons (Fsp3) is 0.0714. The molecule has 2 heterocycles. The van der Waals surface area contributed by atoms with Gasteiger partial charge in [0, 0.05) is 16.2 Å². The molecule has 0 aliphatic rings. The number of carbonyl (C=O) groups is 1. The van der Waals surface area contributed by atoms with Crippen LogP contribution in [0.15, 0.2) is 34.9 Å². The van der Waals surface area contributed by atoms with Crippen LogP contribution in [-0.2, 0) is 0 Å². The second-order valence-electron chi connectivity index (χ2n) is 4.42. The highest BCUT2D eigenvalue weighted by atomic mass is 79.9. The fourth-order valence-electron chi connectivity index (χ4n) is 1.97. The Morgan fingerprint density at radius 1 is 1.40 bits per heavy atom. The number of aromatic amines is 1. The van der Waals surface area contributed by atoms with Crippen LogP contribution in [0.3, 0.4) is 0 Å². The van der Waals surface area contributed by atoms with Crippen molar-refractivity contribution in [2.45, 2.75) is 6.92 Å². The molecule has 2 aromatic heterocycles. The lowest BCUT2D eigenvalue weighted by Crippen LogP contribution is -1.96. The van der Waals surface area contributed by atoms with E-state index >= 15 is 0 Å². The van der Waals surface area contributed by atoms with Gasteiger partial charge in [-0.05, 0) is 34.5 Å². The van der Waals surface area contributed by atoms with E-state index in [-0.39, 0.29) is 5.56 Å². The third-order valence-corrected chi connectivity index (χ3v) is 4.08. The van der Waals surface area contributed by atoms with E-state index in [4.69, 9.17) is 5.11 Å². The quantitative estimate of drug-likeness (QED) is 0.754. The average Bonchev–Trinajstić information content (AvgIpc) is 2.84. The number of carboxylic acids is 1. The van der Waals surface area contributed by atoms with Crippen LogP contribution in [0, 0.1) is 6.92 Å². The van der Waals surface area contributed by atoms with Crippen LogP contribution in [0.2, 0.25) is 0 Å². The molecule has 0 spiro atoms. The standard InChI is InChI=1S/C14H10BrN3O2/c1-7-3-2-4-9(11(7)15)12-17-10-5-8(14(19)20)6-16-13(10)18-12/h2-6H,1H3,(H,19,20)(H,16,17,18). The lowest BCUT2D eigenvalue weighted by Gasteiger charge is -2.03. The summed E-state index contributed by atoms with van der Waals surface area (Å²) in [6, 6.07) is 7.41. The summed E-state index contributed by atoms with van der Waals surface area (Å²) in [6.07, 6.45) is 1.31. The average molecular weight is 332 g/mol. The van der Waals surface area contributed by atoms with Crippen molar-refractivity contribution >= 4 is 33.1 Å². The number of H-pyrrole nitrogens is 1. The lowest BCUT2D eigenvalue weighted by molar-refractivity contribution is 0.0696. The van der Waals surface area contributed by atoms with Gasteiger partial charge in [0.15, 0.2) is 5.65 Å². The number of hydrogen-bond acceptors (Lipinski definition) is 3. The van der Waals surface area contributed by atoms with Crippen LogP contribution in [0.4, 0.5) is 0 Å². The first kappa shape index (κ1) is 12.8. The van der Waals surface area contributed by atoms with Gasteiger partial charge in [-0.1, -0.05) is 18.2 Å². The number of nitrogens with zero attached hydrogens (tertiary/aromatic N) is 2. The van der Waals surface area contributed by atoms with E-state index in [0.717, 1.165) is 15.6 Å². The van der Waals surface area contributed by atoms with Gasteiger partial charge in [0.05, 0.1) is 11.1 Å². The molecule has 0 amide bonds. The Balaban J connectivity index is 2.18. The van der Waals surface area contributed by atoms with Crippen LogP contribution >= 0.6 is 15.9 Å². The van der Waals surface area contributed by atoms with E-state index in [1.807, 2.05) is 25.1 Å². The minimum absolute atomic E-state index is 0.135. The Labute approximate surface area is 122 Å². The first-order chi connectivity index (χ1) is 9.56. The summed E-state index contributed by atoms with van der Waals surface area (Å²) >= 11 is 3.54. The van der Waals surface area contributed by atoms with Crippen molar-refractivity contribution < 1.29 is 9.90 Å². The maximum atomic E-state index is 10.9. The number of pyridine rings is 1. The highest BCUT2D eigenvalue weighted by molar-refractivity contribution is 9.10. The molecule has 6 heteroatoms. The second kappa shape index (κ2) is 4.72. The van der Waals surface area contributed by atoms with E-state index in [1.54, 1.807) is 0 Å². The van der Waals surface area contributed by atoms with E-state index in [1.165, 1.54) is 12.3 Å². The van der Waals surface area contributed by atoms with Crippen molar-refractivity contribution in [3.63, 3.8) is 0 Å². The molecule has 1 aromatic carbocycles. The van der Waals surface area contributed by atoms with Crippen molar-refractivity contribution in [2.75, 3.05) is 0 Å². The number of aromatic carboxylic acids is 1. The number of halogens is 1. The predicted octanol–water partition coefficient (Wildman–Crippen LogP) is 3.39. The molecule has 3 aromatic rings. The van der Waals surface area contributed by atoms with E-state index in [2.05, 4.69) is 30.9 Å². The number of imidazole rings is 1. The number of aromatic nitrogens is 3. The molecule has 0 radical (unpaired) electrons. The molecule has 3 rings (SSSR count). The van der Waals surface area contributed by atoms with Crippen molar-refractivity contribution in [3.05, 3.63) is 46.1 Å². The minimum Gasteiger partial charge on any atom is -0.478 e. The molecule has 100 valence electrons. The number of hydrogen-bond donors (Lipinski definition) is 2. The summed E-state index contributed by atoms with van der Waals surface area (Å²) in [5, 5.41) is 8.97. The molecule has 20 heavy (non-hydrogen) atoms. The van der Waals surface area contributed by atoms with E-state index < -0.39 is 5.97 Å². The van der Waals surface area contributed by atoms with Crippen molar-refractivity contribution in [2.24, 2.45) is 0 Å². The van der Waals surface area contributed by atoms with E-state index in [9.17, 15) is 4.79 Å². The Morgan fingerprint density at radius 3 is 2.95 bits per heavy atom. The van der Waals surface area contributed by atoms with Crippen molar-refractivity contribution in [1.82, 2.24) is 15.0 Å². The largest absolute Gasteiger partial charge is 0.478 e. The summed E-state index contributed by atoms with van der Waals surface area (Å²) in [5.74, 6) is -0.349. The number of rotatable bonds is 2. The smallest absolute Gasteiger partial charge is 0.337 e. The monoisotopic (exact) mass is 331 g/mol. The van der Waals surface area contributed by atoms with Gasteiger partial charge < -0.3 is 10.1 Å². The maximum absolute atomic E-state index is 10.9. The SMILES string of the molecule is Cc1cccc(-c2nc3ncc(C(=O)O)cc3[nH]2)c1Br. The lowest BCUT2D eigenvalue weighted by atomic mass is 10.1. The van der Waals surface area contributed by atoms with Gasteiger partial charge in [-0.15, -0.1) is 0 Å². The minimum atomic E-state index is -1.01. The normalized spacial score (nSPS) is 10.9. The van der Waals surface area contributed by atoms with Crippen LogP contribution < -0.4 is 0 Å². The number of aryl methyl sites for hydroxylation is 1. The van der Waals surface area contributed by atoms with Crippen LogP contribution in [-0.4, -0.2) is 26.0 Å². The summed E-state index contributed by atoms with van der Waals surface area (Å²) in [7, 11) is 0. The zero-order chi connectivity index (χ0) is 14.3. The van der Waals surface area contributed by atoms with Gasteiger partial charge in [-0.25, -0.2) is 14.8 Å². The molecule has 0 unspecified atom stereocenters. The summed E-state index contributed by atoms with van der Waals surface area (Å²) in [5.41, 5.74) is 3.25. The third-order valence-electron chi connectivity index (χ3n) is 3.03. The van der Waals surface area contributed by atoms with Crippen molar-refractivity contribution in [1.29, 1.82) is 0 Å². The molecule has 0 atom stereocenters. The molecule has 0 saturated carbocycles.